The Kier molecular flexibility index (Phi) is 3.36. The minimum atomic E-state index is 0.372. The van der Waals surface area contributed by atoms with Crippen LogP contribution in [-0.4, -0.2) is 29.6 Å². The third-order valence-electron chi connectivity index (χ3n) is 4.27. The first-order valence-electron chi connectivity index (χ1n) is 6.68. The predicted molar refractivity (Wildman–Crippen MR) is 64.8 cm³/mol. The van der Waals surface area contributed by atoms with E-state index in [4.69, 9.17) is 5.73 Å². The van der Waals surface area contributed by atoms with Gasteiger partial charge in [0.15, 0.2) is 0 Å². The van der Waals surface area contributed by atoms with E-state index in [0.29, 0.717) is 5.54 Å². The average Bonchev–Trinajstić information content (AvgIpc) is 2.99. The summed E-state index contributed by atoms with van der Waals surface area (Å²) < 4.78 is 0. The van der Waals surface area contributed by atoms with Crippen molar-refractivity contribution in [1.29, 1.82) is 0 Å². The number of nitrogens with two attached hydrogens (primary N) is 1. The molecule has 0 bridgehead atoms. The number of hydrogen-bond donors (Lipinski definition) is 1. The topological polar surface area (TPSA) is 29.3 Å². The zero-order chi connectivity index (χ0) is 10.9. The fraction of sp³-hybridized carbons (Fsp3) is 1.00. The molecular formula is C13H26N2. The van der Waals surface area contributed by atoms with Gasteiger partial charge in [0.25, 0.3) is 0 Å². The fourth-order valence-electron chi connectivity index (χ4n) is 3.37. The van der Waals surface area contributed by atoms with E-state index in [1.54, 1.807) is 0 Å². The van der Waals surface area contributed by atoms with Crippen LogP contribution in [0.2, 0.25) is 0 Å². The molecule has 0 aromatic rings. The highest BCUT2D eigenvalue weighted by atomic mass is 15.3. The summed E-state index contributed by atoms with van der Waals surface area (Å²) >= 11 is 0. The van der Waals surface area contributed by atoms with Gasteiger partial charge in [-0.05, 0) is 51.0 Å². The zero-order valence-corrected chi connectivity index (χ0v) is 10.3. The molecule has 0 aromatic carbocycles. The number of hydrogen-bond acceptors (Lipinski definition) is 2. The summed E-state index contributed by atoms with van der Waals surface area (Å²) in [5, 5.41) is 0. The summed E-state index contributed by atoms with van der Waals surface area (Å²) in [6.45, 7) is 6.80. The van der Waals surface area contributed by atoms with Gasteiger partial charge >= 0.3 is 0 Å². The van der Waals surface area contributed by atoms with Crippen LogP contribution in [0, 0.1) is 5.92 Å². The van der Waals surface area contributed by atoms with Crippen molar-refractivity contribution >= 4 is 0 Å². The van der Waals surface area contributed by atoms with Crippen molar-refractivity contribution < 1.29 is 0 Å². The maximum Gasteiger partial charge on any atom is 0.0337 e. The summed E-state index contributed by atoms with van der Waals surface area (Å²) in [7, 11) is 0. The maximum absolute atomic E-state index is 6.09. The van der Waals surface area contributed by atoms with Crippen LogP contribution in [0.4, 0.5) is 0 Å². The summed E-state index contributed by atoms with van der Waals surface area (Å²) in [6, 6.07) is 0.874. The first-order valence-corrected chi connectivity index (χ1v) is 6.68. The largest absolute Gasteiger partial charge is 0.329 e. The van der Waals surface area contributed by atoms with Crippen LogP contribution in [0.3, 0.4) is 0 Å². The third-order valence-corrected chi connectivity index (χ3v) is 4.27. The van der Waals surface area contributed by atoms with Crippen LogP contribution < -0.4 is 5.73 Å². The molecule has 15 heavy (non-hydrogen) atoms. The van der Waals surface area contributed by atoms with Crippen LogP contribution in [0.25, 0.3) is 0 Å². The monoisotopic (exact) mass is 210 g/mol. The zero-order valence-electron chi connectivity index (χ0n) is 10.3. The van der Waals surface area contributed by atoms with Crippen molar-refractivity contribution in [2.24, 2.45) is 11.7 Å². The molecule has 88 valence electrons. The van der Waals surface area contributed by atoms with Crippen molar-refractivity contribution in [1.82, 2.24) is 4.90 Å². The highest BCUT2D eigenvalue weighted by Gasteiger charge is 2.46. The second-order valence-electron chi connectivity index (χ2n) is 5.70. The van der Waals surface area contributed by atoms with Gasteiger partial charge in [0.2, 0.25) is 0 Å². The Morgan fingerprint density at radius 2 is 2.07 bits per heavy atom. The Labute approximate surface area is 94.2 Å². The first kappa shape index (κ1) is 11.4. The lowest BCUT2D eigenvalue weighted by Gasteiger charge is -2.41. The lowest BCUT2D eigenvalue weighted by Crippen LogP contribution is -2.53. The summed E-state index contributed by atoms with van der Waals surface area (Å²) in [4.78, 5) is 2.76. The van der Waals surface area contributed by atoms with Crippen LogP contribution in [0.5, 0.6) is 0 Å². The summed E-state index contributed by atoms with van der Waals surface area (Å²) in [5.74, 6) is 0.881. The molecule has 0 aromatic heterocycles. The smallest absolute Gasteiger partial charge is 0.0337 e. The van der Waals surface area contributed by atoms with E-state index in [1.807, 2.05) is 0 Å². The van der Waals surface area contributed by atoms with Gasteiger partial charge in [-0.15, -0.1) is 0 Å². The molecule has 2 atom stereocenters. The molecule has 0 heterocycles. The molecular weight excluding hydrogens is 184 g/mol. The fourth-order valence-corrected chi connectivity index (χ4v) is 3.37. The molecule has 2 heteroatoms. The van der Waals surface area contributed by atoms with Gasteiger partial charge < -0.3 is 5.73 Å². The van der Waals surface area contributed by atoms with E-state index in [-0.39, 0.29) is 0 Å². The van der Waals surface area contributed by atoms with Gasteiger partial charge in [-0.25, -0.2) is 0 Å². The highest BCUT2D eigenvalue weighted by Crippen LogP contribution is 2.43. The van der Waals surface area contributed by atoms with Crippen molar-refractivity contribution in [2.45, 2.75) is 64.0 Å². The lowest BCUT2D eigenvalue weighted by atomic mass is 9.93. The van der Waals surface area contributed by atoms with Crippen molar-refractivity contribution in [3.8, 4) is 0 Å². The third kappa shape index (κ3) is 2.21. The SMILES string of the molecule is CCCN(C1CC1)C1(CN)CCC(C)C1. The summed E-state index contributed by atoms with van der Waals surface area (Å²) in [6.07, 6.45) is 8.14. The van der Waals surface area contributed by atoms with E-state index in [1.165, 1.54) is 45.1 Å². The van der Waals surface area contributed by atoms with E-state index in [2.05, 4.69) is 18.7 Å². The molecule has 0 saturated heterocycles. The van der Waals surface area contributed by atoms with Gasteiger partial charge in [-0.2, -0.15) is 0 Å². The Balaban J connectivity index is 2.07. The van der Waals surface area contributed by atoms with Crippen molar-refractivity contribution in [2.75, 3.05) is 13.1 Å². The van der Waals surface area contributed by atoms with Gasteiger partial charge in [0, 0.05) is 18.1 Å². The van der Waals surface area contributed by atoms with Crippen molar-refractivity contribution in [3.63, 3.8) is 0 Å². The molecule has 0 spiro atoms. The van der Waals surface area contributed by atoms with E-state index in [0.717, 1.165) is 18.5 Å². The molecule has 0 radical (unpaired) electrons. The molecule has 2 N–H and O–H groups in total. The Bertz CT molecular complexity index is 213. The standard InChI is InChI=1S/C13H26N2/c1-3-8-15(12-4-5-12)13(10-14)7-6-11(2)9-13/h11-12H,3-10,14H2,1-2H3. The van der Waals surface area contributed by atoms with Gasteiger partial charge in [0.1, 0.15) is 0 Å². The molecule has 2 aliphatic rings. The Morgan fingerprint density at radius 1 is 1.33 bits per heavy atom. The quantitative estimate of drug-likeness (QED) is 0.755. The Hall–Kier alpha value is -0.0800. The molecule has 2 fully saturated rings. The maximum atomic E-state index is 6.09. The van der Waals surface area contributed by atoms with Gasteiger partial charge in [0.05, 0.1) is 0 Å². The number of rotatable bonds is 5. The lowest BCUT2D eigenvalue weighted by molar-refractivity contribution is 0.0865. The molecule has 2 rings (SSSR count). The van der Waals surface area contributed by atoms with Crippen LogP contribution >= 0.6 is 0 Å². The normalized spacial score (nSPS) is 36.4. The Morgan fingerprint density at radius 3 is 2.47 bits per heavy atom. The molecule has 2 nitrogen and oxygen atoms in total. The average molecular weight is 210 g/mol. The van der Waals surface area contributed by atoms with Crippen LogP contribution in [0.1, 0.15) is 52.4 Å². The minimum Gasteiger partial charge on any atom is -0.329 e. The van der Waals surface area contributed by atoms with E-state index in [9.17, 15) is 0 Å². The highest BCUT2D eigenvalue weighted by molar-refractivity contribution is 5.03. The van der Waals surface area contributed by atoms with Gasteiger partial charge in [-0.1, -0.05) is 13.8 Å². The minimum absolute atomic E-state index is 0.372. The van der Waals surface area contributed by atoms with E-state index < -0.39 is 0 Å². The molecule has 0 amide bonds. The summed E-state index contributed by atoms with van der Waals surface area (Å²) in [5.41, 5.74) is 6.46. The molecule has 2 unspecified atom stereocenters. The second-order valence-corrected chi connectivity index (χ2v) is 5.70. The van der Waals surface area contributed by atoms with E-state index >= 15 is 0 Å². The molecule has 2 aliphatic carbocycles. The molecule has 0 aliphatic heterocycles. The van der Waals surface area contributed by atoms with Crippen LogP contribution in [-0.2, 0) is 0 Å². The van der Waals surface area contributed by atoms with Gasteiger partial charge in [-0.3, -0.25) is 4.90 Å². The van der Waals surface area contributed by atoms with Crippen molar-refractivity contribution in [3.05, 3.63) is 0 Å². The second kappa shape index (κ2) is 4.42. The van der Waals surface area contributed by atoms with Crippen LogP contribution in [0.15, 0.2) is 0 Å². The number of nitrogens with zero attached hydrogens (tertiary/aromatic N) is 1. The first-order chi connectivity index (χ1) is 7.22. The predicted octanol–water partition coefficient (Wildman–Crippen LogP) is 2.38. The molecule has 2 saturated carbocycles.